The van der Waals surface area contributed by atoms with Crippen LogP contribution in [0.4, 0.5) is 0 Å². The molecule has 0 aromatic carbocycles. The predicted molar refractivity (Wildman–Crippen MR) is 79.9 cm³/mol. The molecule has 4 nitrogen and oxygen atoms in total. The molecule has 1 unspecified atom stereocenters. The zero-order chi connectivity index (χ0) is 14.4. The van der Waals surface area contributed by atoms with E-state index in [-0.39, 0.29) is 6.04 Å². The Morgan fingerprint density at radius 2 is 2.20 bits per heavy atom. The van der Waals surface area contributed by atoms with E-state index in [4.69, 9.17) is 4.74 Å². The Bertz CT molecular complexity index is 557. The van der Waals surface area contributed by atoms with E-state index in [2.05, 4.69) is 28.3 Å². The molecule has 106 valence electrons. The quantitative estimate of drug-likeness (QED) is 0.877. The lowest BCUT2D eigenvalue weighted by molar-refractivity contribution is 0.315. The third-order valence-corrected chi connectivity index (χ3v) is 3.19. The van der Waals surface area contributed by atoms with E-state index >= 15 is 0 Å². The second-order valence-corrected chi connectivity index (χ2v) is 4.70. The Labute approximate surface area is 120 Å². The van der Waals surface area contributed by atoms with Crippen molar-refractivity contribution >= 4 is 0 Å². The van der Waals surface area contributed by atoms with Crippen molar-refractivity contribution in [3.63, 3.8) is 0 Å². The van der Waals surface area contributed by atoms with Crippen LogP contribution in [0.1, 0.15) is 36.2 Å². The summed E-state index contributed by atoms with van der Waals surface area (Å²) in [5, 5.41) is 3.32. The summed E-state index contributed by atoms with van der Waals surface area (Å²) in [5.74, 6) is 0.811. The number of pyridine rings is 2. The molecule has 2 rings (SSSR count). The van der Waals surface area contributed by atoms with Crippen molar-refractivity contribution in [1.29, 1.82) is 0 Å². The Balaban J connectivity index is 2.30. The molecule has 0 saturated carbocycles. The van der Waals surface area contributed by atoms with Crippen molar-refractivity contribution in [2.75, 3.05) is 13.7 Å². The average Bonchev–Trinajstić information content (AvgIpc) is 2.48. The first kappa shape index (κ1) is 14.5. The fourth-order valence-corrected chi connectivity index (χ4v) is 2.20. The summed E-state index contributed by atoms with van der Waals surface area (Å²) in [6.45, 7) is 4.82. The number of nitrogens with one attached hydrogen (secondary N) is 1. The molecular formula is C16H21N3O. The monoisotopic (exact) mass is 271 g/mol. The van der Waals surface area contributed by atoms with E-state index in [1.807, 2.05) is 38.5 Å². The normalized spacial score (nSPS) is 12.2. The first-order chi connectivity index (χ1) is 9.76. The molecule has 4 heteroatoms. The molecule has 0 saturated heterocycles. The number of aromatic nitrogens is 2. The van der Waals surface area contributed by atoms with Gasteiger partial charge in [0.2, 0.25) is 0 Å². The molecule has 20 heavy (non-hydrogen) atoms. The molecule has 2 aromatic rings. The highest BCUT2D eigenvalue weighted by atomic mass is 16.5. The molecule has 1 atom stereocenters. The number of nitrogens with zero attached hydrogens (tertiary/aromatic N) is 2. The third kappa shape index (κ3) is 3.33. The molecule has 0 aliphatic carbocycles. The van der Waals surface area contributed by atoms with E-state index in [1.54, 1.807) is 6.20 Å². The van der Waals surface area contributed by atoms with Crippen LogP contribution in [0.15, 0.2) is 36.8 Å². The lowest BCUT2D eigenvalue weighted by Gasteiger charge is -2.19. The summed E-state index contributed by atoms with van der Waals surface area (Å²) in [5.41, 5.74) is 3.26. The summed E-state index contributed by atoms with van der Waals surface area (Å²) >= 11 is 0. The van der Waals surface area contributed by atoms with Crippen LogP contribution < -0.4 is 10.1 Å². The van der Waals surface area contributed by atoms with Crippen LogP contribution in [0.25, 0.3) is 0 Å². The maximum absolute atomic E-state index is 5.65. The van der Waals surface area contributed by atoms with Crippen LogP contribution in [0.2, 0.25) is 0 Å². The van der Waals surface area contributed by atoms with Crippen LogP contribution in [-0.4, -0.2) is 23.6 Å². The standard InChI is InChI=1S/C16H21N3O/c1-4-8-20-14-9-13(10-18-11-14)16(17-3)15-6-5-7-19-12(15)2/h5-7,9-11,16-17H,4,8H2,1-3H3. The van der Waals surface area contributed by atoms with Crippen molar-refractivity contribution in [2.24, 2.45) is 0 Å². The van der Waals surface area contributed by atoms with Gasteiger partial charge in [-0.05, 0) is 43.7 Å². The zero-order valence-electron chi connectivity index (χ0n) is 12.3. The summed E-state index contributed by atoms with van der Waals surface area (Å²) in [4.78, 5) is 8.63. The largest absolute Gasteiger partial charge is 0.492 e. The van der Waals surface area contributed by atoms with Gasteiger partial charge in [0.25, 0.3) is 0 Å². The minimum atomic E-state index is 0.0707. The molecule has 0 radical (unpaired) electrons. The van der Waals surface area contributed by atoms with Gasteiger partial charge in [-0.25, -0.2) is 0 Å². The van der Waals surface area contributed by atoms with Gasteiger partial charge >= 0.3 is 0 Å². The first-order valence-electron chi connectivity index (χ1n) is 6.92. The highest BCUT2D eigenvalue weighted by Crippen LogP contribution is 2.25. The van der Waals surface area contributed by atoms with Gasteiger partial charge in [0.15, 0.2) is 0 Å². The predicted octanol–water partition coefficient (Wildman–Crippen LogP) is 2.88. The SMILES string of the molecule is CCCOc1cncc(C(NC)c2cccnc2C)c1. The summed E-state index contributed by atoms with van der Waals surface area (Å²) in [6.07, 6.45) is 6.42. The maximum atomic E-state index is 5.65. The van der Waals surface area contributed by atoms with Crippen molar-refractivity contribution in [3.05, 3.63) is 53.6 Å². The van der Waals surface area contributed by atoms with Crippen molar-refractivity contribution in [1.82, 2.24) is 15.3 Å². The molecule has 0 bridgehead atoms. The lowest BCUT2D eigenvalue weighted by atomic mass is 9.99. The topological polar surface area (TPSA) is 47.0 Å². The Morgan fingerprint density at radius 3 is 2.90 bits per heavy atom. The van der Waals surface area contributed by atoms with E-state index in [0.29, 0.717) is 6.61 Å². The highest BCUT2D eigenvalue weighted by Gasteiger charge is 2.15. The number of aryl methyl sites for hydroxylation is 1. The Morgan fingerprint density at radius 1 is 1.35 bits per heavy atom. The fourth-order valence-electron chi connectivity index (χ4n) is 2.20. The van der Waals surface area contributed by atoms with Gasteiger partial charge < -0.3 is 10.1 Å². The third-order valence-electron chi connectivity index (χ3n) is 3.19. The molecular weight excluding hydrogens is 250 g/mol. The van der Waals surface area contributed by atoms with Gasteiger partial charge in [0.05, 0.1) is 18.8 Å². The van der Waals surface area contributed by atoms with Crippen LogP contribution in [0.3, 0.4) is 0 Å². The van der Waals surface area contributed by atoms with Crippen molar-refractivity contribution < 1.29 is 4.74 Å². The van der Waals surface area contributed by atoms with E-state index in [0.717, 1.165) is 29.0 Å². The van der Waals surface area contributed by atoms with Crippen LogP contribution in [0, 0.1) is 6.92 Å². The molecule has 1 N–H and O–H groups in total. The summed E-state index contributed by atoms with van der Waals surface area (Å²) in [7, 11) is 1.94. The number of hydrogen-bond acceptors (Lipinski definition) is 4. The Kier molecular flexibility index (Phi) is 5.07. The Hall–Kier alpha value is -1.94. The van der Waals surface area contributed by atoms with E-state index in [9.17, 15) is 0 Å². The molecule has 0 fully saturated rings. The molecule has 0 aliphatic rings. The molecule has 0 amide bonds. The smallest absolute Gasteiger partial charge is 0.137 e. The lowest BCUT2D eigenvalue weighted by Crippen LogP contribution is -2.19. The van der Waals surface area contributed by atoms with Gasteiger partial charge in [-0.1, -0.05) is 13.0 Å². The fraction of sp³-hybridized carbons (Fsp3) is 0.375. The molecule has 2 heterocycles. The van der Waals surface area contributed by atoms with E-state index < -0.39 is 0 Å². The van der Waals surface area contributed by atoms with Gasteiger partial charge in [-0.15, -0.1) is 0 Å². The van der Waals surface area contributed by atoms with Gasteiger partial charge in [-0.3, -0.25) is 9.97 Å². The van der Waals surface area contributed by atoms with Gasteiger partial charge in [0.1, 0.15) is 5.75 Å². The average molecular weight is 271 g/mol. The molecule has 2 aromatic heterocycles. The second kappa shape index (κ2) is 7.01. The van der Waals surface area contributed by atoms with Crippen LogP contribution in [-0.2, 0) is 0 Å². The van der Waals surface area contributed by atoms with E-state index in [1.165, 1.54) is 0 Å². The number of ether oxygens (including phenoxy) is 1. The highest BCUT2D eigenvalue weighted by molar-refractivity contribution is 5.35. The maximum Gasteiger partial charge on any atom is 0.137 e. The molecule has 0 aliphatic heterocycles. The van der Waals surface area contributed by atoms with Crippen molar-refractivity contribution in [3.8, 4) is 5.75 Å². The zero-order valence-corrected chi connectivity index (χ0v) is 12.3. The summed E-state index contributed by atoms with van der Waals surface area (Å²) < 4.78 is 5.65. The minimum Gasteiger partial charge on any atom is -0.492 e. The van der Waals surface area contributed by atoms with Gasteiger partial charge in [0, 0.05) is 18.1 Å². The minimum absolute atomic E-state index is 0.0707. The number of rotatable bonds is 6. The van der Waals surface area contributed by atoms with Gasteiger partial charge in [-0.2, -0.15) is 0 Å². The van der Waals surface area contributed by atoms with Crippen molar-refractivity contribution in [2.45, 2.75) is 26.3 Å². The van der Waals surface area contributed by atoms with Crippen LogP contribution >= 0.6 is 0 Å². The summed E-state index contributed by atoms with van der Waals surface area (Å²) in [6, 6.07) is 6.15. The van der Waals surface area contributed by atoms with Crippen LogP contribution in [0.5, 0.6) is 5.75 Å². The number of hydrogen-bond donors (Lipinski definition) is 1. The molecule has 0 spiro atoms. The second-order valence-electron chi connectivity index (χ2n) is 4.70. The first-order valence-corrected chi connectivity index (χ1v) is 6.92.